The van der Waals surface area contributed by atoms with Gasteiger partial charge in [-0.05, 0) is 47.4 Å². The van der Waals surface area contributed by atoms with Gasteiger partial charge in [0.25, 0.3) is 0 Å². The molecule has 0 saturated carbocycles. The lowest BCUT2D eigenvalue weighted by Gasteiger charge is -2.16. The molecule has 0 amide bonds. The minimum Gasteiger partial charge on any atom is -0.506 e. The molecule has 0 aromatic heterocycles. The molecule has 5 N–H and O–H groups in total. The second kappa shape index (κ2) is 6.96. The lowest BCUT2D eigenvalue weighted by molar-refractivity contribution is 0.392. The molecule has 150 valence electrons. The van der Waals surface area contributed by atoms with Crippen LogP contribution in [-0.2, 0) is 32.4 Å². The monoisotopic (exact) mass is 429 g/mol. The van der Waals surface area contributed by atoms with E-state index in [4.69, 9.17) is 5.14 Å². The van der Waals surface area contributed by atoms with Crippen LogP contribution in [0.1, 0.15) is 16.7 Å². The quantitative estimate of drug-likeness (QED) is 0.555. The Balaban J connectivity index is 1.93. The van der Waals surface area contributed by atoms with E-state index in [1.54, 1.807) is 0 Å². The number of aliphatic hydroxyl groups is 1. The van der Waals surface area contributed by atoms with E-state index in [1.807, 2.05) is 4.72 Å². The summed E-state index contributed by atoms with van der Waals surface area (Å²) in [5.74, 6) is -2.05. The number of nitrogens with zero attached hydrogens (tertiary/aromatic N) is 1. The molecule has 0 atom stereocenters. The van der Waals surface area contributed by atoms with Crippen molar-refractivity contribution in [2.45, 2.75) is 12.2 Å². The van der Waals surface area contributed by atoms with E-state index in [0.717, 1.165) is 12.3 Å². The summed E-state index contributed by atoms with van der Waals surface area (Å²) in [6, 6.07) is 7.66. The van der Waals surface area contributed by atoms with Crippen LogP contribution in [0.5, 0.6) is 5.75 Å². The van der Waals surface area contributed by atoms with Gasteiger partial charge >= 0.3 is 10.2 Å². The number of phenolic OH excluding ortho intramolecular Hbond substituents is 1. The van der Waals surface area contributed by atoms with Gasteiger partial charge in [0.15, 0.2) is 0 Å². The molecule has 0 bridgehead atoms. The van der Waals surface area contributed by atoms with Crippen LogP contribution in [0.2, 0.25) is 0 Å². The first-order valence-electron chi connectivity index (χ1n) is 7.77. The summed E-state index contributed by atoms with van der Waals surface area (Å²) in [6.07, 6.45) is 0.962. The van der Waals surface area contributed by atoms with Crippen molar-refractivity contribution in [1.82, 2.24) is 4.72 Å². The van der Waals surface area contributed by atoms with Crippen LogP contribution in [0, 0.1) is 5.82 Å². The second-order valence-corrected chi connectivity index (χ2v) is 9.30. The van der Waals surface area contributed by atoms with Gasteiger partial charge in [-0.15, -0.1) is 0 Å². The van der Waals surface area contributed by atoms with Gasteiger partial charge < -0.3 is 10.2 Å². The molecule has 0 spiro atoms. The van der Waals surface area contributed by atoms with Gasteiger partial charge in [0.05, 0.1) is 12.0 Å². The van der Waals surface area contributed by atoms with Gasteiger partial charge in [-0.2, -0.15) is 8.42 Å². The van der Waals surface area contributed by atoms with E-state index < -0.39 is 43.4 Å². The van der Waals surface area contributed by atoms with Crippen molar-refractivity contribution in [3.63, 3.8) is 0 Å². The molecule has 2 aromatic carbocycles. The number of aliphatic hydroxyl groups excluding tert-OH is 1. The molecule has 3 rings (SSSR count). The number of phenols is 1. The summed E-state index contributed by atoms with van der Waals surface area (Å²) in [7, 11) is -7.90. The molecule has 0 radical (unpaired) electrons. The van der Waals surface area contributed by atoms with Gasteiger partial charge in [0.2, 0.25) is 15.9 Å². The number of nitrogens with one attached hydrogen (secondary N) is 1. The van der Waals surface area contributed by atoms with Crippen LogP contribution < -0.4 is 14.2 Å². The zero-order chi connectivity index (χ0) is 20.7. The van der Waals surface area contributed by atoms with Gasteiger partial charge in [0, 0.05) is 0 Å². The van der Waals surface area contributed by atoms with E-state index in [9.17, 15) is 31.4 Å². The van der Waals surface area contributed by atoms with E-state index in [-0.39, 0.29) is 12.1 Å². The maximum Gasteiger partial charge on any atom is 0.330 e. The number of primary sulfonamides is 1. The Morgan fingerprint density at radius 1 is 1.11 bits per heavy atom. The summed E-state index contributed by atoms with van der Waals surface area (Å²) in [4.78, 5) is 0. The van der Waals surface area contributed by atoms with Gasteiger partial charge in [-0.1, -0.05) is 12.1 Å². The summed E-state index contributed by atoms with van der Waals surface area (Å²) >= 11 is 0. The van der Waals surface area contributed by atoms with Crippen LogP contribution >= 0.6 is 0 Å². The molecule has 9 nitrogen and oxygen atoms in total. The highest BCUT2D eigenvalue weighted by Gasteiger charge is 2.30. The third kappa shape index (κ3) is 4.35. The highest BCUT2D eigenvalue weighted by atomic mass is 32.2. The first-order valence-corrected chi connectivity index (χ1v) is 10.9. The summed E-state index contributed by atoms with van der Waals surface area (Å²) in [5, 5.41) is 24.6. The molecular weight excluding hydrogens is 413 g/mol. The Morgan fingerprint density at radius 2 is 1.82 bits per heavy atom. The normalized spacial score (nSPS) is 15.9. The van der Waals surface area contributed by atoms with Crippen molar-refractivity contribution in [1.29, 1.82) is 0 Å². The van der Waals surface area contributed by atoms with Crippen LogP contribution in [0.4, 0.5) is 10.1 Å². The Kier molecular flexibility index (Phi) is 4.95. The number of nitrogens with two attached hydrogens (primary N) is 1. The molecule has 12 heteroatoms. The minimum absolute atomic E-state index is 0.0720. The number of hydrogen-bond donors (Lipinski definition) is 4. The third-order valence-corrected chi connectivity index (χ3v) is 5.93. The number of hydrogen-bond acceptors (Lipinski definition) is 6. The predicted molar refractivity (Wildman–Crippen MR) is 99.4 cm³/mol. The van der Waals surface area contributed by atoms with E-state index in [1.165, 1.54) is 30.3 Å². The first-order chi connectivity index (χ1) is 12.9. The number of benzene rings is 2. The van der Waals surface area contributed by atoms with Crippen LogP contribution in [-0.4, -0.2) is 27.0 Å². The first kappa shape index (κ1) is 19.9. The SMILES string of the molecule is NS(=O)(=O)Cc1ccc(F)cc1Cc1ccc(N2C=C(O)NS2(=O)=O)c(O)c1. The molecule has 0 fully saturated rings. The fraction of sp³-hybridized carbons (Fsp3) is 0.125. The smallest absolute Gasteiger partial charge is 0.330 e. The number of aromatic hydroxyl groups is 1. The van der Waals surface area contributed by atoms with Crippen LogP contribution in [0.3, 0.4) is 0 Å². The number of sulfonamides is 1. The number of anilines is 1. The highest BCUT2D eigenvalue weighted by molar-refractivity contribution is 7.91. The Morgan fingerprint density at radius 3 is 2.39 bits per heavy atom. The van der Waals surface area contributed by atoms with Crippen molar-refractivity contribution in [2.24, 2.45) is 5.14 Å². The molecule has 1 aliphatic heterocycles. The number of halogens is 1. The van der Waals surface area contributed by atoms with Crippen LogP contribution in [0.25, 0.3) is 0 Å². The maximum atomic E-state index is 13.6. The summed E-state index contributed by atoms with van der Waals surface area (Å²) in [6.45, 7) is 0. The zero-order valence-corrected chi connectivity index (χ0v) is 15.8. The zero-order valence-electron chi connectivity index (χ0n) is 14.2. The van der Waals surface area contributed by atoms with Crippen molar-refractivity contribution in [2.75, 3.05) is 4.31 Å². The lowest BCUT2D eigenvalue weighted by Crippen LogP contribution is -2.29. The third-order valence-electron chi connectivity index (χ3n) is 3.93. The Labute approximate surface area is 160 Å². The van der Waals surface area contributed by atoms with Crippen molar-refractivity contribution < 1.29 is 31.4 Å². The highest BCUT2D eigenvalue weighted by Crippen LogP contribution is 2.33. The van der Waals surface area contributed by atoms with E-state index >= 15 is 0 Å². The van der Waals surface area contributed by atoms with E-state index in [0.29, 0.717) is 21.0 Å². The average Bonchev–Trinajstić information content (AvgIpc) is 2.81. The Hall–Kier alpha value is -2.83. The molecule has 0 unspecified atom stereocenters. The standard InChI is InChI=1S/C16H16FN3O6S2/c17-13-3-2-11(9-27(18,23)24)12(7-13)5-10-1-4-14(15(21)6-10)20-8-16(22)19-28(20,25)26/h1-4,6-8,19,21-22H,5,9H2,(H2,18,23,24). The second-order valence-electron chi connectivity index (χ2n) is 6.14. The van der Waals surface area contributed by atoms with E-state index in [2.05, 4.69) is 0 Å². The molecular formula is C16H16FN3O6S2. The molecule has 28 heavy (non-hydrogen) atoms. The fourth-order valence-electron chi connectivity index (χ4n) is 2.79. The molecule has 1 heterocycles. The van der Waals surface area contributed by atoms with Crippen LogP contribution in [0.15, 0.2) is 48.5 Å². The van der Waals surface area contributed by atoms with Gasteiger partial charge in [0.1, 0.15) is 17.3 Å². The summed E-state index contributed by atoms with van der Waals surface area (Å²) in [5.41, 5.74) is 1.03. The fourth-order valence-corrected chi connectivity index (χ4v) is 4.57. The Bertz CT molecular complexity index is 1180. The topological polar surface area (TPSA) is 150 Å². The predicted octanol–water partition coefficient (Wildman–Crippen LogP) is 0.922. The van der Waals surface area contributed by atoms with Gasteiger partial charge in [-0.3, -0.25) is 0 Å². The summed E-state index contributed by atoms with van der Waals surface area (Å²) < 4.78 is 62.7. The molecule has 1 aliphatic rings. The van der Waals surface area contributed by atoms with Gasteiger partial charge in [-0.25, -0.2) is 27.0 Å². The molecule has 2 aromatic rings. The van der Waals surface area contributed by atoms with Crippen molar-refractivity contribution >= 4 is 25.9 Å². The molecule has 0 saturated heterocycles. The largest absolute Gasteiger partial charge is 0.506 e. The minimum atomic E-state index is -4.07. The van der Waals surface area contributed by atoms with Crippen molar-refractivity contribution in [3.05, 3.63) is 71.0 Å². The number of rotatable bonds is 5. The molecule has 0 aliphatic carbocycles. The maximum absolute atomic E-state index is 13.6. The average molecular weight is 429 g/mol. The lowest BCUT2D eigenvalue weighted by atomic mass is 10.00. The van der Waals surface area contributed by atoms with Crippen molar-refractivity contribution in [3.8, 4) is 5.75 Å².